The first-order valence-corrected chi connectivity index (χ1v) is 8.77. The van der Waals surface area contributed by atoms with Gasteiger partial charge in [0, 0.05) is 18.1 Å². The van der Waals surface area contributed by atoms with E-state index in [2.05, 4.69) is 5.10 Å². The van der Waals surface area contributed by atoms with Gasteiger partial charge in [-0.1, -0.05) is 39.0 Å². The third-order valence-corrected chi connectivity index (χ3v) is 4.41. The van der Waals surface area contributed by atoms with Crippen molar-refractivity contribution in [2.75, 3.05) is 7.11 Å². The Morgan fingerprint density at radius 3 is 2.37 bits per heavy atom. The molecule has 2 rings (SSSR count). The van der Waals surface area contributed by atoms with Crippen LogP contribution < -0.4 is 5.69 Å². The van der Waals surface area contributed by atoms with Crippen molar-refractivity contribution < 1.29 is 14.6 Å². The maximum absolute atomic E-state index is 13.0. The second kappa shape index (κ2) is 8.02. The molecule has 0 fully saturated rings. The molecule has 0 aliphatic heterocycles. The van der Waals surface area contributed by atoms with Crippen LogP contribution in [0.5, 0.6) is 0 Å². The summed E-state index contributed by atoms with van der Waals surface area (Å²) in [7, 11) is 1.41. The summed E-state index contributed by atoms with van der Waals surface area (Å²) in [6, 6.07) is 6.79. The highest BCUT2D eigenvalue weighted by atomic mass is 16.6. The van der Waals surface area contributed by atoms with E-state index in [9.17, 15) is 14.7 Å². The van der Waals surface area contributed by atoms with Crippen LogP contribution in [0.2, 0.25) is 0 Å². The maximum Gasteiger partial charge on any atom is 0.351 e. The summed E-state index contributed by atoms with van der Waals surface area (Å²) in [5.74, 6) is 0.404. The fourth-order valence-corrected chi connectivity index (χ4v) is 2.43. The normalized spacial score (nSPS) is 13.7. The molecular weight excluding hydrogens is 346 g/mol. The third kappa shape index (κ3) is 4.43. The number of aliphatic hydroxyl groups excluding tert-OH is 1. The Kier molecular flexibility index (Phi) is 6.18. The lowest BCUT2D eigenvalue weighted by molar-refractivity contribution is -0.127. The molecule has 0 amide bonds. The first kappa shape index (κ1) is 20.8. The van der Waals surface area contributed by atoms with Crippen LogP contribution in [0.25, 0.3) is 11.3 Å². The Morgan fingerprint density at radius 1 is 1.30 bits per heavy atom. The minimum atomic E-state index is -1.03. The summed E-state index contributed by atoms with van der Waals surface area (Å²) < 4.78 is 7.56. The second-order valence-electron chi connectivity index (χ2n) is 7.42. The number of carbonyl (C=O) groups excluding carboxylic acids is 1. The quantitative estimate of drug-likeness (QED) is 0.787. The number of ketones is 1. The first-order chi connectivity index (χ1) is 12.6. The molecule has 1 aromatic carbocycles. The number of hydrogen-bond donors (Lipinski definition) is 1. The number of ether oxygens (including phenoxy) is 1. The van der Waals surface area contributed by atoms with Crippen LogP contribution in [-0.2, 0) is 16.1 Å². The average molecular weight is 373 g/mol. The van der Waals surface area contributed by atoms with Crippen molar-refractivity contribution in [1.29, 1.82) is 0 Å². The Bertz CT molecular complexity index is 899. The predicted octanol–water partition coefficient (Wildman–Crippen LogP) is 2.71. The molecule has 1 unspecified atom stereocenters. The van der Waals surface area contributed by atoms with Gasteiger partial charge in [-0.05, 0) is 31.6 Å². The molecule has 0 aliphatic rings. The summed E-state index contributed by atoms with van der Waals surface area (Å²) in [5.41, 5.74) is 1.04. The molecule has 0 bridgehead atoms. The highest BCUT2D eigenvalue weighted by molar-refractivity contribution is 5.83. The molecule has 2 aromatic rings. The van der Waals surface area contributed by atoms with Crippen molar-refractivity contribution in [3.63, 3.8) is 0 Å². The molecule has 0 aliphatic carbocycles. The zero-order valence-electron chi connectivity index (χ0n) is 16.7. The van der Waals surface area contributed by atoms with Crippen LogP contribution in [0.15, 0.2) is 35.1 Å². The smallest absolute Gasteiger partial charge is 0.351 e. The molecule has 0 saturated heterocycles. The lowest BCUT2D eigenvalue weighted by Gasteiger charge is -2.15. The minimum absolute atomic E-state index is 0.0718. The third-order valence-electron chi connectivity index (χ3n) is 4.41. The number of benzene rings is 1. The Morgan fingerprint density at radius 2 is 1.89 bits per heavy atom. The maximum atomic E-state index is 13.0. The Labute approximate surface area is 158 Å². The van der Waals surface area contributed by atoms with Crippen molar-refractivity contribution in [2.45, 2.75) is 47.5 Å². The Hall–Kier alpha value is -2.51. The van der Waals surface area contributed by atoms with Crippen molar-refractivity contribution in [1.82, 2.24) is 14.3 Å². The van der Waals surface area contributed by atoms with Gasteiger partial charge in [0.25, 0.3) is 0 Å². The van der Waals surface area contributed by atoms with Gasteiger partial charge >= 0.3 is 5.69 Å². The highest BCUT2D eigenvalue weighted by Crippen LogP contribution is 2.20. The molecule has 0 radical (unpaired) electrons. The van der Waals surface area contributed by atoms with Crippen molar-refractivity contribution >= 4 is 11.4 Å². The van der Waals surface area contributed by atoms with Crippen LogP contribution in [0.3, 0.4) is 0 Å². The van der Waals surface area contributed by atoms with E-state index in [1.165, 1.54) is 16.4 Å². The van der Waals surface area contributed by atoms with Crippen LogP contribution in [0.4, 0.5) is 0 Å². The van der Waals surface area contributed by atoms with E-state index < -0.39 is 11.7 Å². The summed E-state index contributed by atoms with van der Waals surface area (Å²) in [4.78, 5) is 25.3. The van der Waals surface area contributed by atoms with Crippen molar-refractivity contribution in [3.05, 3.63) is 52.2 Å². The van der Waals surface area contributed by atoms with Gasteiger partial charge in [-0.2, -0.15) is 0 Å². The number of nitrogens with zero attached hydrogens (tertiary/aromatic N) is 3. The number of aromatic nitrogens is 3. The van der Waals surface area contributed by atoms with E-state index in [4.69, 9.17) is 4.74 Å². The average Bonchev–Trinajstić information content (AvgIpc) is 2.96. The summed E-state index contributed by atoms with van der Waals surface area (Å²) in [6.07, 6.45) is 0.830. The highest BCUT2D eigenvalue weighted by Gasteiger charge is 2.24. The number of Topliss-reactive ketones (excluding diaryl/α,β-unsaturated/α-hetero) is 1. The molecule has 0 saturated carbocycles. The summed E-state index contributed by atoms with van der Waals surface area (Å²) in [6.45, 7) is 9.08. The molecule has 0 spiro atoms. The molecule has 1 heterocycles. The number of hydrogen-bond acceptors (Lipinski definition) is 5. The lowest BCUT2D eigenvalue weighted by atomic mass is 9.91. The van der Waals surface area contributed by atoms with E-state index in [-0.39, 0.29) is 18.0 Å². The van der Waals surface area contributed by atoms with E-state index in [0.29, 0.717) is 17.1 Å². The number of rotatable bonds is 6. The van der Waals surface area contributed by atoms with Gasteiger partial charge in [-0.15, -0.1) is 5.10 Å². The van der Waals surface area contributed by atoms with Gasteiger partial charge in [0.1, 0.15) is 6.54 Å². The van der Waals surface area contributed by atoms with E-state index in [1.807, 2.05) is 40.7 Å². The van der Waals surface area contributed by atoms with Crippen LogP contribution in [-0.4, -0.2) is 32.3 Å². The fraction of sp³-hybridized carbons (Fsp3) is 0.450. The van der Waals surface area contributed by atoms with E-state index >= 15 is 0 Å². The molecule has 1 N–H and O–H groups in total. The standard InChI is InChI=1S/C20H27N3O4/c1-7-13(2)17-21-22(12-16(24)20(3,4)5)19(26)23(17)15-10-8-14(9-11-15)18(25)27-6/h7-11,18,25H,12H2,1-6H3/b13-7+. The summed E-state index contributed by atoms with van der Waals surface area (Å²) in [5, 5.41) is 14.1. The summed E-state index contributed by atoms with van der Waals surface area (Å²) >= 11 is 0. The van der Waals surface area contributed by atoms with Crippen molar-refractivity contribution in [2.24, 2.45) is 5.41 Å². The molecule has 146 valence electrons. The molecule has 1 atom stereocenters. The van der Waals surface area contributed by atoms with Crippen LogP contribution in [0, 0.1) is 5.41 Å². The van der Waals surface area contributed by atoms with Crippen LogP contribution in [0.1, 0.15) is 52.3 Å². The first-order valence-electron chi connectivity index (χ1n) is 8.77. The van der Waals surface area contributed by atoms with Crippen LogP contribution >= 0.6 is 0 Å². The number of aliphatic hydroxyl groups is 1. The molecule has 7 nitrogen and oxygen atoms in total. The van der Waals surface area contributed by atoms with E-state index in [1.54, 1.807) is 24.3 Å². The van der Waals surface area contributed by atoms with Gasteiger partial charge < -0.3 is 9.84 Å². The zero-order chi connectivity index (χ0) is 20.4. The molecule has 27 heavy (non-hydrogen) atoms. The van der Waals surface area contributed by atoms with Gasteiger partial charge in [-0.25, -0.2) is 14.0 Å². The molecular formula is C20H27N3O4. The Balaban J connectivity index is 2.55. The SMILES string of the molecule is C/C=C(\C)c1nn(CC(=O)C(C)(C)C)c(=O)n1-c1ccc(C(O)OC)cc1. The second-order valence-corrected chi connectivity index (χ2v) is 7.42. The molecule has 7 heteroatoms. The topological polar surface area (TPSA) is 86.4 Å². The van der Waals surface area contributed by atoms with Crippen molar-refractivity contribution in [3.8, 4) is 5.69 Å². The van der Waals surface area contributed by atoms with Gasteiger partial charge in [0.15, 0.2) is 17.9 Å². The zero-order valence-corrected chi connectivity index (χ0v) is 16.7. The largest absolute Gasteiger partial charge is 0.364 e. The number of carbonyl (C=O) groups is 1. The van der Waals surface area contributed by atoms with Gasteiger partial charge in [-0.3, -0.25) is 4.79 Å². The number of allylic oxidation sites excluding steroid dienone is 2. The minimum Gasteiger partial charge on any atom is -0.364 e. The van der Waals surface area contributed by atoms with E-state index in [0.717, 1.165) is 5.57 Å². The lowest BCUT2D eigenvalue weighted by Crippen LogP contribution is -2.32. The molecule has 1 aromatic heterocycles. The number of methoxy groups -OCH3 is 1. The van der Waals surface area contributed by atoms with Gasteiger partial charge in [0.2, 0.25) is 0 Å². The van der Waals surface area contributed by atoms with Gasteiger partial charge in [0.05, 0.1) is 5.69 Å². The monoisotopic (exact) mass is 373 g/mol. The fourth-order valence-electron chi connectivity index (χ4n) is 2.43. The predicted molar refractivity (Wildman–Crippen MR) is 104 cm³/mol.